The maximum Gasteiger partial charge on any atom is 0.338 e. The lowest BCUT2D eigenvalue weighted by Gasteiger charge is -2.19. The van der Waals surface area contributed by atoms with Gasteiger partial charge in [0.15, 0.2) is 17.0 Å². The minimum atomic E-state index is -0.709. The van der Waals surface area contributed by atoms with E-state index in [1.54, 1.807) is 35.2 Å². The van der Waals surface area contributed by atoms with Gasteiger partial charge < -0.3 is 14.2 Å². The predicted octanol–water partition coefficient (Wildman–Crippen LogP) is 3.79. The molecule has 3 atom stereocenters. The molecule has 4 aromatic rings. The molecule has 1 fully saturated rings. The maximum absolute atomic E-state index is 12.9. The van der Waals surface area contributed by atoms with Crippen LogP contribution in [0.2, 0.25) is 0 Å². The molecule has 11 heteroatoms. The van der Waals surface area contributed by atoms with Crippen molar-refractivity contribution in [3.8, 4) is 0 Å². The fraction of sp³-hybridized carbons (Fsp3) is 0.296. The van der Waals surface area contributed by atoms with Crippen molar-refractivity contribution in [2.75, 3.05) is 19.2 Å². The summed E-state index contributed by atoms with van der Waals surface area (Å²) in [6, 6.07) is 14.2. The topological polar surface area (TPSA) is 127 Å². The van der Waals surface area contributed by atoms with Crippen molar-refractivity contribution in [1.29, 1.82) is 0 Å². The highest BCUT2D eigenvalue weighted by molar-refractivity contribution is 5.90. The fourth-order valence-electron chi connectivity index (χ4n) is 4.21. The van der Waals surface area contributed by atoms with Crippen molar-refractivity contribution in [3.05, 3.63) is 83.4 Å². The number of fused-ring (bicyclic) bond motifs is 1. The molecule has 1 aliphatic rings. The van der Waals surface area contributed by atoms with Crippen LogP contribution in [0.15, 0.2) is 61.2 Å². The highest BCUT2D eigenvalue weighted by atomic mass is 16.6. The van der Waals surface area contributed by atoms with Crippen LogP contribution in [0.25, 0.3) is 11.2 Å². The van der Waals surface area contributed by atoms with Gasteiger partial charge in [0.1, 0.15) is 31.4 Å². The summed E-state index contributed by atoms with van der Waals surface area (Å²) in [6.07, 6.45) is 1.28. The van der Waals surface area contributed by atoms with Gasteiger partial charge in [-0.1, -0.05) is 35.4 Å². The van der Waals surface area contributed by atoms with Gasteiger partial charge in [-0.3, -0.25) is 9.40 Å². The Morgan fingerprint density at radius 3 is 2.29 bits per heavy atom. The number of rotatable bonds is 8. The number of hydrogen-bond acceptors (Lipinski definition) is 10. The second-order valence-corrected chi connectivity index (χ2v) is 8.99. The molecule has 3 heterocycles. The lowest BCUT2D eigenvalue weighted by Crippen LogP contribution is -2.32. The molecule has 0 bridgehead atoms. The summed E-state index contributed by atoms with van der Waals surface area (Å²) in [5.41, 5.74) is 6.58. The molecule has 0 unspecified atom stereocenters. The first kappa shape index (κ1) is 25.3. The molecular weight excluding hydrogens is 490 g/mol. The molecule has 0 aliphatic carbocycles. The number of carbonyl (C=O) groups is 2. The fourth-order valence-corrected chi connectivity index (χ4v) is 4.21. The number of benzene rings is 2. The van der Waals surface area contributed by atoms with Crippen molar-refractivity contribution in [2.24, 2.45) is 0 Å². The van der Waals surface area contributed by atoms with Gasteiger partial charge in [0.25, 0.3) is 0 Å². The van der Waals surface area contributed by atoms with Gasteiger partial charge in [0.2, 0.25) is 0 Å². The summed E-state index contributed by atoms with van der Waals surface area (Å²) in [7, 11) is 1.47. The second kappa shape index (κ2) is 11.0. The van der Waals surface area contributed by atoms with E-state index in [0.29, 0.717) is 34.5 Å². The smallest absolute Gasteiger partial charge is 0.338 e. The molecule has 11 nitrogen and oxygen atoms in total. The molecule has 0 amide bonds. The lowest BCUT2D eigenvalue weighted by atomic mass is 10.1. The van der Waals surface area contributed by atoms with Gasteiger partial charge in [-0.2, -0.15) is 0 Å². The first-order chi connectivity index (χ1) is 18.4. The molecule has 2 aromatic carbocycles. The quantitative estimate of drug-likeness (QED) is 0.272. The van der Waals surface area contributed by atoms with Crippen LogP contribution in [-0.4, -0.2) is 57.4 Å². The lowest BCUT2D eigenvalue weighted by molar-refractivity contribution is -0.0563. The molecule has 1 saturated heterocycles. The number of ether oxygens (including phenoxy) is 3. The number of aromatic nitrogens is 4. The predicted molar refractivity (Wildman–Crippen MR) is 136 cm³/mol. The monoisotopic (exact) mass is 517 g/mol. The Hall–Kier alpha value is -4.35. The number of nitrogens with zero attached hydrogens (tertiary/aromatic N) is 4. The Bertz CT molecular complexity index is 1440. The van der Waals surface area contributed by atoms with Crippen LogP contribution >= 0.6 is 0 Å². The molecule has 1 N–H and O–H groups in total. The Morgan fingerprint density at radius 1 is 0.974 bits per heavy atom. The van der Waals surface area contributed by atoms with Crippen LogP contribution in [0.5, 0.6) is 0 Å². The second-order valence-electron chi connectivity index (χ2n) is 8.99. The minimum Gasteiger partial charge on any atom is -0.459 e. The molecule has 2 aromatic heterocycles. The van der Waals surface area contributed by atoms with Crippen molar-refractivity contribution in [1.82, 2.24) is 19.5 Å². The Kier molecular flexibility index (Phi) is 7.29. The van der Waals surface area contributed by atoms with E-state index < -0.39 is 30.4 Å². The Balaban J connectivity index is 1.36. The SMILES string of the molecule is CONc1ncnc2c1ncn2[C@H]1C[C@H](OC(=O)c2ccc(C)cc2)[C@@H](COC(=O)c2ccc(C)cc2)O1. The first-order valence-electron chi connectivity index (χ1n) is 12.1. The van der Waals surface area contributed by atoms with Gasteiger partial charge in [0, 0.05) is 6.42 Å². The van der Waals surface area contributed by atoms with E-state index in [9.17, 15) is 9.59 Å². The number of carbonyl (C=O) groups excluding carboxylic acids is 2. The van der Waals surface area contributed by atoms with Crippen LogP contribution in [0, 0.1) is 13.8 Å². The molecule has 0 spiro atoms. The summed E-state index contributed by atoms with van der Waals surface area (Å²) in [5.74, 6) is -0.574. The summed E-state index contributed by atoms with van der Waals surface area (Å²) < 4.78 is 19.4. The normalized spacial score (nSPS) is 18.9. The molecule has 0 saturated carbocycles. The van der Waals surface area contributed by atoms with Crippen molar-refractivity contribution >= 4 is 28.9 Å². The number of imidazole rings is 1. The number of anilines is 1. The summed E-state index contributed by atoms with van der Waals surface area (Å²) >= 11 is 0. The van der Waals surface area contributed by atoms with Crippen molar-refractivity contribution in [2.45, 2.75) is 38.7 Å². The van der Waals surface area contributed by atoms with E-state index in [1.165, 1.54) is 13.4 Å². The van der Waals surface area contributed by atoms with E-state index in [4.69, 9.17) is 19.0 Å². The maximum atomic E-state index is 12.9. The largest absolute Gasteiger partial charge is 0.459 e. The van der Waals surface area contributed by atoms with Crippen LogP contribution < -0.4 is 5.48 Å². The summed E-state index contributed by atoms with van der Waals surface area (Å²) in [5, 5.41) is 0. The van der Waals surface area contributed by atoms with E-state index in [1.807, 2.05) is 38.1 Å². The van der Waals surface area contributed by atoms with E-state index in [-0.39, 0.29) is 6.61 Å². The number of esters is 2. The van der Waals surface area contributed by atoms with Gasteiger partial charge in [-0.05, 0) is 38.1 Å². The third-order valence-corrected chi connectivity index (χ3v) is 6.26. The van der Waals surface area contributed by atoms with Gasteiger partial charge >= 0.3 is 11.9 Å². The highest BCUT2D eigenvalue weighted by Gasteiger charge is 2.40. The van der Waals surface area contributed by atoms with Crippen LogP contribution in [0.1, 0.15) is 44.5 Å². The molecule has 1 aliphatic heterocycles. The average Bonchev–Trinajstić information content (AvgIpc) is 3.53. The van der Waals surface area contributed by atoms with E-state index >= 15 is 0 Å². The Labute approximate surface area is 218 Å². The van der Waals surface area contributed by atoms with Crippen molar-refractivity contribution in [3.63, 3.8) is 0 Å². The van der Waals surface area contributed by atoms with Gasteiger partial charge in [-0.25, -0.2) is 30.0 Å². The standard InChI is InChI=1S/C27H27N5O6/c1-16-4-8-18(9-5-16)26(33)36-13-21-20(38-27(34)19-10-6-17(2)7-11-19)12-22(37-21)32-15-30-23-24(31-35-3)28-14-29-25(23)32/h4-11,14-15,20-22H,12-13H2,1-3H3,(H,28,29,31)/t20-,21+,22+/m0/s1. The van der Waals surface area contributed by atoms with Gasteiger partial charge in [0.05, 0.1) is 24.6 Å². The third kappa shape index (κ3) is 5.34. The van der Waals surface area contributed by atoms with E-state index in [2.05, 4.69) is 20.4 Å². The zero-order chi connectivity index (χ0) is 26.6. The highest BCUT2D eigenvalue weighted by Crippen LogP contribution is 2.34. The molecule has 5 rings (SSSR count). The Morgan fingerprint density at radius 2 is 1.63 bits per heavy atom. The summed E-state index contributed by atoms with van der Waals surface area (Å²) in [4.78, 5) is 43.4. The zero-order valence-electron chi connectivity index (χ0n) is 21.2. The number of hydrogen-bond donors (Lipinski definition) is 1. The number of aryl methyl sites for hydroxylation is 2. The van der Waals surface area contributed by atoms with Gasteiger partial charge in [-0.15, -0.1) is 0 Å². The van der Waals surface area contributed by atoms with Crippen LogP contribution in [0.3, 0.4) is 0 Å². The number of nitrogens with one attached hydrogen (secondary N) is 1. The average molecular weight is 518 g/mol. The van der Waals surface area contributed by atoms with Crippen LogP contribution in [0.4, 0.5) is 5.82 Å². The third-order valence-electron chi connectivity index (χ3n) is 6.26. The summed E-state index contributed by atoms with van der Waals surface area (Å²) in [6.45, 7) is 3.77. The molecular formula is C27H27N5O6. The van der Waals surface area contributed by atoms with Crippen molar-refractivity contribution < 1.29 is 28.6 Å². The molecule has 38 heavy (non-hydrogen) atoms. The molecule has 0 radical (unpaired) electrons. The van der Waals surface area contributed by atoms with Crippen LogP contribution in [-0.2, 0) is 19.0 Å². The first-order valence-corrected chi connectivity index (χ1v) is 12.1. The molecule has 196 valence electrons. The minimum absolute atomic E-state index is 0.104. The van der Waals surface area contributed by atoms with E-state index in [0.717, 1.165) is 11.1 Å². The zero-order valence-corrected chi connectivity index (χ0v) is 21.2.